The van der Waals surface area contributed by atoms with Crippen molar-refractivity contribution in [1.29, 1.82) is 0 Å². The highest BCUT2D eigenvalue weighted by atomic mass is 16.2. The maximum atomic E-state index is 12.0. The average Bonchev–Trinajstić information content (AvgIpc) is 2.39. The van der Waals surface area contributed by atoms with Gasteiger partial charge in [0, 0.05) is 30.8 Å². The van der Waals surface area contributed by atoms with Gasteiger partial charge >= 0.3 is 0 Å². The molecule has 3 rings (SSSR count). The van der Waals surface area contributed by atoms with E-state index in [1.165, 1.54) is 6.42 Å². The average molecular weight is 259 g/mol. The number of carbonyl (C=O) groups is 1. The van der Waals surface area contributed by atoms with E-state index >= 15 is 0 Å². The topological polar surface area (TPSA) is 20.3 Å². The first-order valence-electron chi connectivity index (χ1n) is 7.57. The van der Waals surface area contributed by atoms with Crippen molar-refractivity contribution < 1.29 is 4.79 Å². The second-order valence-electron chi connectivity index (χ2n) is 6.89. The lowest BCUT2D eigenvalue weighted by molar-refractivity contribution is -0.140. The molecule has 1 heterocycles. The molecule has 1 saturated heterocycles. The van der Waals surface area contributed by atoms with Gasteiger partial charge in [0.05, 0.1) is 0 Å². The quantitative estimate of drug-likeness (QED) is 0.608. The molecule has 1 amide bonds. The molecule has 0 aromatic heterocycles. The first kappa shape index (κ1) is 13.0. The first-order chi connectivity index (χ1) is 8.95. The summed E-state index contributed by atoms with van der Waals surface area (Å²) in [6.07, 6.45) is 7.71. The van der Waals surface area contributed by atoms with Crippen LogP contribution < -0.4 is 0 Å². The zero-order valence-corrected chi connectivity index (χ0v) is 12.6. The summed E-state index contributed by atoms with van der Waals surface area (Å²) in [6.45, 7) is 6.98. The van der Waals surface area contributed by atoms with Crippen LogP contribution in [0.2, 0.25) is 0 Å². The molecule has 0 bridgehead atoms. The molecule has 1 aliphatic heterocycles. The lowest BCUT2D eigenvalue weighted by Crippen LogP contribution is -2.56. The SMILES string of the molecule is CC1=C(C)[C@@H]2CCC3N(C)C(=O)CC[C@]3(C)C2=CC1. The third kappa shape index (κ3) is 1.72. The molecule has 1 unspecified atom stereocenters. The van der Waals surface area contributed by atoms with E-state index in [0.717, 1.165) is 25.7 Å². The van der Waals surface area contributed by atoms with E-state index in [4.69, 9.17) is 0 Å². The standard InChI is InChI=1S/C17H25NO/c1-11-5-7-14-13(12(11)2)6-8-15-17(14,3)10-9-16(19)18(15)4/h7,13,15H,5-6,8-10H2,1-4H3/t13-,15?,17+/m0/s1. The van der Waals surface area contributed by atoms with Crippen molar-refractivity contribution in [3.63, 3.8) is 0 Å². The van der Waals surface area contributed by atoms with Crippen LogP contribution in [0.25, 0.3) is 0 Å². The van der Waals surface area contributed by atoms with E-state index in [1.54, 1.807) is 16.7 Å². The van der Waals surface area contributed by atoms with E-state index in [9.17, 15) is 4.79 Å². The molecule has 2 nitrogen and oxygen atoms in total. The number of nitrogens with zero attached hydrogens (tertiary/aromatic N) is 1. The Morgan fingerprint density at radius 2 is 2.05 bits per heavy atom. The lowest BCUT2D eigenvalue weighted by atomic mass is 9.57. The molecule has 0 spiro atoms. The van der Waals surface area contributed by atoms with Crippen LogP contribution in [-0.4, -0.2) is 23.9 Å². The van der Waals surface area contributed by atoms with Crippen LogP contribution in [-0.2, 0) is 4.79 Å². The zero-order chi connectivity index (χ0) is 13.8. The Kier molecular flexibility index (Phi) is 2.88. The molecule has 1 saturated carbocycles. The van der Waals surface area contributed by atoms with E-state index in [-0.39, 0.29) is 5.41 Å². The van der Waals surface area contributed by atoms with Crippen LogP contribution in [0.4, 0.5) is 0 Å². The number of rotatable bonds is 0. The van der Waals surface area contributed by atoms with Crippen molar-refractivity contribution in [3.05, 3.63) is 22.8 Å². The first-order valence-corrected chi connectivity index (χ1v) is 7.57. The number of carbonyl (C=O) groups excluding carboxylic acids is 1. The van der Waals surface area contributed by atoms with Crippen molar-refractivity contribution in [2.24, 2.45) is 11.3 Å². The second-order valence-corrected chi connectivity index (χ2v) is 6.89. The van der Waals surface area contributed by atoms with E-state index in [2.05, 4.69) is 26.8 Å². The molecule has 0 aromatic rings. The van der Waals surface area contributed by atoms with Crippen LogP contribution in [0, 0.1) is 11.3 Å². The molecule has 104 valence electrons. The van der Waals surface area contributed by atoms with Crippen LogP contribution in [0.5, 0.6) is 0 Å². The summed E-state index contributed by atoms with van der Waals surface area (Å²) in [7, 11) is 2.00. The molecule has 2 aliphatic carbocycles. The van der Waals surface area contributed by atoms with E-state index in [0.29, 0.717) is 17.9 Å². The van der Waals surface area contributed by atoms with E-state index in [1.807, 2.05) is 11.9 Å². The Labute approximate surface area is 116 Å². The monoisotopic (exact) mass is 259 g/mol. The molecule has 2 heteroatoms. The highest BCUT2D eigenvalue weighted by Crippen LogP contribution is 2.54. The minimum atomic E-state index is 0.216. The molecule has 3 atom stereocenters. The Morgan fingerprint density at radius 1 is 1.32 bits per heavy atom. The summed E-state index contributed by atoms with van der Waals surface area (Å²) >= 11 is 0. The predicted octanol–water partition coefficient (Wildman–Crippen LogP) is 3.69. The van der Waals surface area contributed by atoms with Gasteiger partial charge in [0.15, 0.2) is 0 Å². The highest BCUT2D eigenvalue weighted by Gasteiger charge is 2.50. The summed E-state index contributed by atoms with van der Waals surface area (Å²) < 4.78 is 0. The third-order valence-electron chi connectivity index (χ3n) is 6.04. The van der Waals surface area contributed by atoms with E-state index < -0.39 is 0 Å². The number of allylic oxidation sites excluding steroid dienone is 3. The number of hydrogen-bond donors (Lipinski definition) is 0. The third-order valence-corrected chi connectivity index (χ3v) is 6.04. The van der Waals surface area contributed by atoms with Gasteiger partial charge in [-0.05, 0) is 39.5 Å². The number of fused-ring (bicyclic) bond motifs is 3. The second kappa shape index (κ2) is 4.22. The van der Waals surface area contributed by atoms with Gasteiger partial charge in [0.1, 0.15) is 0 Å². The van der Waals surface area contributed by atoms with Gasteiger partial charge in [-0.2, -0.15) is 0 Å². The summed E-state index contributed by atoms with van der Waals surface area (Å²) in [5.41, 5.74) is 4.99. The Hall–Kier alpha value is -1.05. The van der Waals surface area contributed by atoms with Gasteiger partial charge in [-0.25, -0.2) is 0 Å². The molecular formula is C17H25NO. The van der Waals surface area contributed by atoms with Crippen molar-refractivity contribution >= 4 is 5.91 Å². The van der Waals surface area contributed by atoms with Crippen molar-refractivity contribution in [3.8, 4) is 0 Å². The molecule has 0 radical (unpaired) electrons. The smallest absolute Gasteiger partial charge is 0.222 e. The maximum Gasteiger partial charge on any atom is 0.222 e. The van der Waals surface area contributed by atoms with Crippen molar-refractivity contribution in [2.75, 3.05) is 7.05 Å². The molecular weight excluding hydrogens is 234 g/mol. The molecule has 3 aliphatic rings. The van der Waals surface area contributed by atoms with Crippen molar-refractivity contribution in [1.82, 2.24) is 4.90 Å². The fourth-order valence-electron chi connectivity index (χ4n) is 4.58. The number of likely N-dealkylation sites (tertiary alicyclic amines) is 1. The molecule has 0 N–H and O–H groups in total. The van der Waals surface area contributed by atoms with Gasteiger partial charge < -0.3 is 4.90 Å². The Bertz CT molecular complexity index is 487. The van der Waals surface area contributed by atoms with Crippen LogP contribution in [0.15, 0.2) is 22.8 Å². The van der Waals surface area contributed by atoms with Gasteiger partial charge in [0.25, 0.3) is 0 Å². The molecule has 2 fully saturated rings. The number of hydrogen-bond acceptors (Lipinski definition) is 1. The van der Waals surface area contributed by atoms with Crippen molar-refractivity contribution in [2.45, 2.75) is 58.9 Å². The summed E-state index contributed by atoms with van der Waals surface area (Å²) in [6, 6.07) is 0.419. The largest absolute Gasteiger partial charge is 0.342 e. The Morgan fingerprint density at radius 3 is 2.79 bits per heavy atom. The van der Waals surface area contributed by atoms with Crippen LogP contribution in [0.1, 0.15) is 52.9 Å². The van der Waals surface area contributed by atoms with Gasteiger partial charge in [-0.3, -0.25) is 4.79 Å². The maximum absolute atomic E-state index is 12.0. The summed E-state index contributed by atoms with van der Waals surface area (Å²) in [5.74, 6) is 0.984. The van der Waals surface area contributed by atoms with Gasteiger partial charge in [-0.15, -0.1) is 0 Å². The lowest BCUT2D eigenvalue weighted by Gasteiger charge is -2.54. The number of amides is 1. The summed E-state index contributed by atoms with van der Waals surface area (Å²) in [4.78, 5) is 14.0. The van der Waals surface area contributed by atoms with Gasteiger partial charge in [0.2, 0.25) is 5.91 Å². The fourth-order valence-corrected chi connectivity index (χ4v) is 4.58. The molecule has 19 heavy (non-hydrogen) atoms. The Balaban J connectivity index is 1.99. The van der Waals surface area contributed by atoms with Crippen LogP contribution in [0.3, 0.4) is 0 Å². The normalized spacial score (nSPS) is 38.8. The highest BCUT2D eigenvalue weighted by molar-refractivity contribution is 5.77. The van der Waals surface area contributed by atoms with Crippen LogP contribution >= 0.6 is 0 Å². The minimum Gasteiger partial charge on any atom is -0.342 e. The fraction of sp³-hybridized carbons (Fsp3) is 0.706. The summed E-state index contributed by atoms with van der Waals surface area (Å²) in [5, 5.41) is 0. The molecule has 0 aromatic carbocycles. The predicted molar refractivity (Wildman–Crippen MR) is 77.7 cm³/mol. The number of piperidine rings is 1. The minimum absolute atomic E-state index is 0.216. The zero-order valence-electron chi connectivity index (χ0n) is 12.6. The van der Waals surface area contributed by atoms with Gasteiger partial charge in [-0.1, -0.05) is 29.7 Å².